The molecule has 17 heavy (non-hydrogen) atoms. The van der Waals surface area contributed by atoms with Gasteiger partial charge in [-0.25, -0.2) is 9.59 Å². The Morgan fingerprint density at radius 3 is 2.41 bits per heavy atom. The molecule has 0 aromatic rings. The molecule has 0 aromatic heterocycles. The van der Waals surface area contributed by atoms with Gasteiger partial charge in [0, 0.05) is 13.0 Å². The Balaban J connectivity index is 4.47. The fourth-order valence-electron chi connectivity index (χ4n) is 0.984. The predicted molar refractivity (Wildman–Crippen MR) is 63.0 cm³/mol. The summed E-state index contributed by atoms with van der Waals surface area (Å²) in [6.07, 6.45) is 1.53. The molecule has 0 rings (SSSR count). The second kappa shape index (κ2) is 6.65. The van der Waals surface area contributed by atoms with Gasteiger partial charge in [0.15, 0.2) is 12.0 Å². The van der Waals surface area contributed by atoms with Gasteiger partial charge in [-0.05, 0) is 20.8 Å². The molecule has 0 spiro atoms. The minimum atomic E-state index is -0.921. The Bertz CT molecular complexity index is 336. The number of ether oxygens (including phenoxy) is 1. The van der Waals surface area contributed by atoms with E-state index in [-0.39, 0.29) is 18.9 Å². The third-order valence-electron chi connectivity index (χ3n) is 1.58. The van der Waals surface area contributed by atoms with Crippen molar-refractivity contribution in [2.24, 2.45) is 21.5 Å². The molecule has 0 bridgehead atoms. The van der Waals surface area contributed by atoms with E-state index in [1.54, 1.807) is 20.8 Å². The molecule has 1 atom stereocenters. The van der Waals surface area contributed by atoms with Gasteiger partial charge in [-0.2, -0.15) is 4.99 Å². The van der Waals surface area contributed by atoms with Gasteiger partial charge in [-0.3, -0.25) is 4.99 Å². The van der Waals surface area contributed by atoms with Crippen molar-refractivity contribution >= 4 is 18.0 Å². The number of hydrogen-bond donors (Lipinski definition) is 2. The number of nitrogens with two attached hydrogens (primary N) is 2. The van der Waals surface area contributed by atoms with Crippen LogP contribution in [0, 0.1) is 0 Å². The average Bonchev–Trinajstić information content (AvgIpc) is 2.13. The van der Waals surface area contributed by atoms with Crippen LogP contribution in [0.2, 0.25) is 0 Å². The predicted octanol–water partition coefficient (Wildman–Crippen LogP) is -0.304. The highest BCUT2D eigenvalue weighted by Gasteiger charge is 2.24. The molecule has 0 aromatic carbocycles. The summed E-state index contributed by atoms with van der Waals surface area (Å²) in [4.78, 5) is 28.9. The number of nitrogens with zero attached hydrogens (tertiary/aromatic N) is 2. The van der Waals surface area contributed by atoms with E-state index in [1.165, 1.54) is 6.08 Å². The summed E-state index contributed by atoms with van der Waals surface area (Å²) in [5, 5.41) is 0. The highest BCUT2D eigenvalue weighted by atomic mass is 16.6. The van der Waals surface area contributed by atoms with Crippen molar-refractivity contribution in [1.29, 1.82) is 0 Å². The Kier molecular flexibility index (Phi) is 5.91. The molecule has 1 unspecified atom stereocenters. The second-order valence-corrected chi connectivity index (χ2v) is 4.36. The van der Waals surface area contributed by atoms with Crippen LogP contribution in [-0.4, -0.2) is 36.2 Å². The molecule has 0 aliphatic carbocycles. The van der Waals surface area contributed by atoms with Gasteiger partial charge in [0.2, 0.25) is 6.08 Å². The molecule has 0 radical (unpaired) electrons. The van der Waals surface area contributed by atoms with Crippen LogP contribution in [0.1, 0.15) is 27.2 Å². The zero-order valence-corrected chi connectivity index (χ0v) is 10.3. The number of guanidine groups is 1. The Morgan fingerprint density at radius 1 is 1.41 bits per heavy atom. The third-order valence-corrected chi connectivity index (χ3v) is 1.58. The quantitative estimate of drug-likeness (QED) is 0.296. The number of aliphatic imine (C=N–C) groups is 2. The number of hydrogen-bond acceptors (Lipinski definition) is 5. The topological polar surface area (TPSA) is 120 Å². The van der Waals surface area contributed by atoms with E-state index < -0.39 is 17.6 Å². The molecule has 7 nitrogen and oxygen atoms in total. The van der Waals surface area contributed by atoms with Crippen LogP contribution < -0.4 is 11.5 Å². The lowest BCUT2D eigenvalue weighted by molar-refractivity contribution is -0.156. The summed E-state index contributed by atoms with van der Waals surface area (Å²) in [5.74, 6) is -0.672. The van der Waals surface area contributed by atoms with Crippen molar-refractivity contribution in [3.05, 3.63) is 0 Å². The van der Waals surface area contributed by atoms with Crippen molar-refractivity contribution in [1.82, 2.24) is 0 Å². The summed E-state index contributed by atoms with van der Waals surface area (Å²) in [7, 11) is 0. The van der Waals surface area contributed by atoms with Gasteiger partial charge >= 0.3 is 5.97 Å². The lowest BCUT2D eigenvalue weighted by atomic mass is 10.1. The molecule has 0 fully saturated rings. The van der Waals surface area contributed by atoms with Crippen LogP contribution in [0.25, 0.3) is 0 Å². The minimum Gasteiger partial charge on any atom is -0.458 e. The monoisotopic (exact) mass is 242 g/mol. The van der Waals surface area contributed by atoms with Gasteiger partial charge in [0.05, 0.1) is 0 Å². The van der Waals surface area contributed by atoms with Gasteiger partial charge in [-0.1, -0.05) is 0 Å². The largest absolute Gasteiger partial charge is 0.458 e. The summed E-state index contributed by atoms with van der Waals surface area (Å²) in [6.45, 7) is 5.37. The maximum atomic E-state index is 11.6. The van der Waals surface area contributed by atoms with E-state index in [0.717, 1.165) is 0 Å². The molecule has 0 saturated carbocycles. The molecule has 0 aliphatic heterocycles. The number of isocyanates is 1. The van der Waals surface area contributed by atoms with Gasteiger partial charge in [0.25, 0.3) is 0 Å². The highest BCUT2D eigenvalue weighted by Crippen LogP contribution is 2.11. The smallest absolute Gasteiger partial charge is 0.332 e. The third kappa shape index (κ3) is 7.98. The molecule has 4 N–H and O–H groups in total. The van der Waals surface area contributed by atoms with Crippen molar-refractivity contribution in [3.63, 3.8) is 0 Å². The van der Waals surface area contributed by atoms with Gasteiger partial charge < -0.3 is 16.2 Å². The first-order chi connectivity index (χ1) is 7.76. The molecular weight excluding hydrogens is 224 g/mol. The lowest BCUT2D eigenvalue weighted by Crippen LogP contribution is -2.31. The summed E-state index contributed by atoms with van der Waals surface area (Å²) >= 11 is 0. The maximum Gasteiger partial charge on any atom is 0.332 e. The van der Waals surface area contributed by atoms with Crippen LogP contribution in [0.5, 0.6) is 0 Å². The van der Waals surface area contributed by atoms with Crippen molar-refractivity contribution in [3.8, 4) is 0 Å². The van der Waals surface area contributed by atoms with E-state index in [0.29, 0.717) is 0 Å². The normalized spacial score (nSPS) is 12.2. The van der Waals surface area contributed by atoms with Crippen molar-refractivity contribution in [2.75, 3.05) is 6.54 Å². The standard InChI is InChI=1S/C10H18N4O3/c1-10(2,3)17-8(16)7(14-6-15)4-5-13-9(11)12/h7H,4-5H2,1-3H3,(H4,11,12,13). The lowest BCUT2D eigenvalue weighted by Gasteiger charge is -2.21. The first-order valence-corrected chi connectivity index (χ1v) is 5.11. The first-order valence-electron chi connectivity index (χ1n) is 5.11. The van der Waals surface area contributed by atoms with E-state index in [2.05, 4.69) is 9.98 Å². The summed E-state index contributed by atoms with van der Waals surface area (Å²) in [5.41, 5.74) is 9.63. The highest BCUT2D eigenvalue weighted by molar-refractivity contribution is 5.78. The summed E-state index contributed by atoms with van der Waals surface area (Å²) in [6, 6.07) is -0.921. The molecule has 0 heterocycles. The summed E-state index contributed by atoms with van der Waals surface area (Å²) < 4.78 is 5.09. The molecule has 96 valence electrons. The fourth-order valence-corrected chi connectivity index (χ4v) is 0.984. The number of carbonyl (C=O) groups excluding carboxylic acids is 2. The van der Waals surface area contributed by atoms with E-state index >= 15 is 0 Å². The van der Waals surface area contributed by atoms with Crippen LogP contribution >= 0.6 is 0 Å². The first kappa shape index (κ1) is 15.1. The van der Waals surface area contributed by atoms with Gasteiger partial charge in [-0.15, -0.1) is 0 Å². The molecular formula is C10H18N4O3. The molecule has 7 heteroatoms. The Labute approximate surface area is 99.9 Å². The van der Waals surface area contributed by atoms with E-state index in [4.69, 9.17) is 16.2 Å². The van der Waals surface area contributed by atoms with Crippen LogP contribution in [0.4, 0.5) is 0 Å². The SMILES string of the molecule is CC(C)(C)OC(=O)C(CCN=C(N)N)N=C=O. The second-order valence-electron chi connectivity index (χ2n) is 4.36. The zero-order chi connectivity index (χ0) is 13.5. The van der Waals surface area contributed by atoms with E-state index in [1.807, 2.05) is 0 Å². The number of carbonyl (C=O) groups is 1. The van der Waals surface area contributed by atoms with E-state index in [9.17, 15) is 9.59 Å². The fraction of sp³-hybridized carbons (Fsp3) is 0.700. The molecule has 0 saturated heterocycles. The molecule has 0 amide bonds. The van der Waals surface area contributed by atoms with Crippen LogP contribution in [-0.2, 0) is 14.3 Å². The average molecular weight is 242 g/mol. The van der Waals surface area contributed by atoms with Gasteiger partial charge in [0.1, 0.15) is 5.60 Å². The Hall–Kier alpha value is -1.88. The van der Waals surface area contributed by atoms with Crippen molar-refractivity contribution < 1.29 is 14.3 Å². The Morgan fingerprint density at radius 2 is 2.00 bits per heavy atom. The van der Waals surface area contributed by atoms with Crippen LogP contribution in [0.3, 0.4) is 0 Å². The maximum absolute atomic E-state index is 11.6. The molecule has 0 aliphatic rings. The van der Waals surface area contributed by atoms with Crippen LogP contribution in [0.15, 0.2) is 9.98 Å². The van der Waals surface area contributed by atoms with Crippen molar-refractivity contribution in [2.45, 2.75) is 38.8 Å². The zero-order valence-electron chi connectivity index (χ0n) is 10.3. The number of rotatable bonds is 5. The number of esters is 1. The minimum absolute atomic E-state index is 0.0805.